The standard InChI is InChI=1S/C10H18N4/c1-5-8-12-7(10(2,3)4)6-9(13-8)14-11/h6H,5,11H2,1-4H3,(H,12,13,14). The number of hydrazine groups is 1. The van der Waals surface area contributed by atoms with Crippen molar-refractivity contribution in [2.24, 2.45) is 5.84 Å². The summed E-state index contributed by atoms with van der Waals surface area (Å²) in [6, 6.07) is 1.89. The average Bonchev–Trinajstić information content (AvgIpc) is 2.15. The Morgan fingerprint density at radius 3 is 2.43 bits per heavy atom. The van der Waals surface area contributed by atoms with E-state index in [4.69, 9.17) is 5.84 Å². The number of aromatic nitrogens is 2. The lowest BCUT2D eigenvalue weighted by molar-refractivity contribution is 0.563. The molecule has 78 valence electrons. The van der Waals surface area contributed by atoms with Crippen molar-refractivity contribution >= 4 is 5.82 Å². The maximum absolute atomic E-state index is 5.35. The van der Waals surface area contributed by atoms with Gasteiger partial charge in [0.25, 0.3) is 0 Å². The molecule has 0 saturated carbocycles. The molecule has 4 nitrogen and oxygen atoms in total. The van der Waals surface area contributed by atoms with Gasteiger partial charge in [0, 0.05) is 17.9 Å². The van der Waals surface area contributed by atoms with Crippen LogP contribution in [0.4, 0.5) is 5.82 Å². The first-order valence-electron chi connectivity index (χ1n) is 4.82. The number of aryl methyl sites for hydroxylation is 1. The summed E-state index contributed by atoms with van der Waals surface area (Å²) in [5.41, 5.74) is 3.60. The topological polar surface area (TPSA) is 63.8 Å². The number of rotatable bonds is 2. The van der Waals surface area contributed by atoms with Crippen LogP contribution in [0.3, 0.4) is 0 Å². The molecule has 4 heteroatoms. The molecule has 1 aromatic heterocycles. The first-order valence-corrected chi connectivity index (χ1v) is 4.82. The van der Waals surface area contributed by atoms with E-state index >= 15 is 0 Å². The minimum atomic E-state index is 0.0262. The van der Waals surface area contributed by atoms with Gasteiger partial charge < -0.3 is 5.43 Å². The normalized spacial score (nSPS) is 11.5. The summed E-state index contributed by atoms with van der Waals surface area (Å²) in [7, 11) is 0. The molecule has 0 spiro atoms. The molecular weight excluding hydrogens is 176 g/mol. The molecule has 3 N–H and O–H groups in total. The van der Waals surface area contributed by atoms with Crippen molar-refractivity contribution in [1.29, 1.82) is 0 Å². The summed E-state index contributed by atoms with van der Waals surface area (Å²) in [6.45, 7) is 8.39. The van der Waals surface area contributed by atoms with Crippen molar-refractivity contribution in [3.05, 3.63) is 17.6 Å². The highest BCUT2D eigenvalue weighted by molar-refractivity contribution is 5.36. The molecule has 1 aromatic rings. The number of hydrogen-bond acceptors (Lipinski definition) is 4. The van der Waals surface area contributed by atoms with Gasteiger partial charge in [-0.25, -0.2) is 15.8 Å². The molecule has 1 heterocycles. The van der Waals surface area contributed by atoms with Crippen LogP contribution in [0.15, 0.2) is 6.07 Å². The lowest BCUT2D eigenvalue weighted by Crippen LogP contribution is -2.18. The predicted molar refractivity (Wildman–Crippen MR) is 57.9 cm³/mol. The summed E-state index contributed by atoms with van der Waals surface area (Å²) in [5, 5.41) is 0. The van der Waals surface area contributed by atoms with E-state index in [1.54, 1.807) is 0 Å². The molecule has 0 aliphatic rings. The van der Waals surface area contributed by atoms with Crippen LogP contribution in [0.1, 0.15) is 39.2 Å². The zero-order valence-corrected chi connectivity index (χ0v) is 9.26. The Hall–Kier alpha value is -1.16. The Kier molecular flexibility index (Phi) is 3.06. The monoisotopic (exact) mass is 194 g/mol. The number of hydrogen-bond donors (Lipinski definition) is 2. The molecule has 0 fully saturated rings. The fraction of sp³-hybridized carbons (Fsp3) is 0.600. The molecule has 0 unspecified atom stereocenters. The van der Waals surface area contributed by atoms with Gasteiger partial charge in [0.05, 0.1) is 5.69 Å². The van der Waals surface area contributed by atoms with Gasteiger partial charge in [-0.1, -0.05) is 27.7 Å². The smallest absolute Gasteiger partial charge is 0.143 e. The molecule has 14 heavy (non-hydrogen) atoms. The summed E-state index contributed by atoms with van der Waals surface area (Å²) in [4.78, 5) is 8.70. The molecule has 0 atom stereocenters. The van der Waals surface area contributed by atoms with Crippen LogP contribution in [0, 0.1) is 0 Å². The minimum absolute atomic E-state index is 0.0262. The van der Waals surface area contributed by atoms with Crippen LogP contribution < -0.4 is 11.3 Å². The zero-order chi connectivity index (χ0) is 10.8. The van der Waals surface area contributed by atoms with Crippen molar-refractivity contribution in [1.82, 2.24) is 9.97 Å². The Balaban J connectivity index is 3.17. The lowest BCUT2D eigenvalue weighted by atomic mass is 9.92. The Morgan fingerprint density at radius 1 is 1.36 bits per heavy atom. The van der Waals surface area contributed by atoms with Crippen LogP contribution in [0.25, 0.3) is 0 Å². The second-order valence-electron chi connectivity index (χ2n) is 4.30. The summed E-state index contributed by atoms with van der Waals surface area (Å²) < 4.78 is 0. The van der Waals surface area contributed by atoms with Crippen LogP contribution in [-0.2, 0) is 11.8 Å². The van der Waals surface area contributed by atoms with Gasteiger partial charge >= 0.3 is 0 Å². The Morgan fingerprint density at radius 2 is 2.00 bits per heavy atom. The second kappa shape index (κ2) is 3.92. The largest absolute Gasteiger partial charge is 0.308 e. The van der Waals surface area contributed by atoms with E-state index in [1.807, 2.05) is 13.0 Å². The van der Waals surface area contributed by atoms with Crippen molar-refractivity contribution in [2.75, 3.05) is 5.43 Å². The van der Waals surface area contributed by atoms with Gasteiger partial charge in [-0.2, -0.15) is 0 Å². The molecule has 0 radical (unpaired) electrons. The minimum Gasteiger partial charge on any atom is -0.308 e. The summed E-state index contributed by atoms with van der Waals surface area (Å²) in [6.07, 6.45) is 0.818. The third kappa shape index (κ3) is 2.42. The number of nitrogens with zero attached hydrogens (tertiary/aromatic N) is 2. The first-order chi connectivity index (χ1) is 6.47. The number of nitrogens with two attached hydrogens (primary N) is 1. The second-order valence-corrected chi connectivity index (χ2v) is 4.30. The van der Waals surface area contributed by atoms with E-state index in [9.17, 15) is 0 Å². The zero-order valence-electron chi connectivity index (χ0n) is 9.26. The van der Waals surface area contributed by atoms with E-state index in [1.165, 1.54) is 0 Å². The summed E-state index contributed by atoms with van der Waals surface area (Å²) in [5.74, 6) is 6.85. The van der Waals surface area contributed by atoms with E-state index in [0.717, 1.165) is 17.9 Å². The van der Waals surface area contributed by atoms with Gasteiger partial charge in [-0.05, 0) is 0 Å². The van der Waals surface area contributed by atoms with E-state index in [-0.39, 0.29) is 5.41 Å². The highest BCUT2D eigenvalue weighted by Crippen LogP contribution is 2.21. The third-order valence-corrected chi connectivity index (χ3v) is 2.00. The fourth-order valence-electron chi connectivity index (χ4n) is 1.11. The maximum atomic E-state index is 5.35. The van der Waals surface area contributed by atoms with Gasteiger partial charge in [0.2, 0.25) is 0 Å². The number of anilines is 1. The van der Waals surface area contributed by atoms with Crippen LogP contribution in [0.2, 0.25) is 0 Å². The van der Waals surface area contributed by atoms with Gasteiger partial charge in [0.15, 0.2) is 0 Å². The molecule has 0 aromatic carbocycles. The number of nitrogen functional groups attached to an aromatic ring is 1. The van der Waals surface area contributed by atoms with Crippen LogP contribution >= 0.6 is 0 Å². The van der Waals surface area contributed by atoms with Crippen molar-refractivity contribution in [2.45, 2.75) is 39.5 Å². The molecule has 0 aliphatic carbocycles. The van der Waals surface area contributed by atoms with Crippen molar-refractivity contribution in [3.63, 3.8) is 0 Å². The Labute approximate surface area is 84.9 Å². The van der Waals surface area contributed by atoms with Crippen LogP contribution in [0.5, 0.6) is 0 Å². The molecule has 0 aliphatic heterocycles. The molecule has 0 bridgehead atoms. The Bertz CT molecular complexity index is 292. The van der Waals surface area contributed by atoms with Crippen molar-refractivity contribution in [3.8, 4) is 0 Å². The highest BCUT2D eigenvalue weighted by atomic mass is 15.3. The lowest BCUT2D eigenvalue weighted by Gasteiger charge is -2.18. The highest BCUT2D eigenvalue weighted by Gasteiger charge is 2.17. The fourth-order valence-corrected chi connectivity index (χ4v) is 1.11. The quantitative estimate of drug-likeness (QED) is 0.554. The molecule has 0 amide bonds. The average molecular weight is 194 g/mol. The van der Waals surface area contributed by atoms with Gasteiger partial charge in [-0.3, -0.25) is 0 Å². The maximum Gasteiger partial charge on any atom is 0.143 e. The first kappa shape index (κ1) is 10.9. The molecular formula is C10H18N4. The van der Waals surface area contributed by atoms with Gasteiger partial charge in [-0.15, -0.1) is 0 Å². The predicted octanol–water partition coefficient (Wildman–Crippen LogP) is 1.62. The van der Waals surface area contributed by atoms with Gasteiger partial charge in [0.1, 0.15) is 11.6 Å². The SMILES string of the molecule is CCc1nc(NN)cc(C(C)(C)C)n1. The van der Waals surface area contributed by atoms with E-state index in [2.05, 4.69) is 36.2 Å². The summed E-state index contributed by atoms with van der Waals surface area (Å²) >= 11 is 0. The van der Waals surface area contributed by atoms with Crippen LogP contribution in [-0.4, -0.2) is 9.97 Å². The number of nitrogens with one attached hydrogen (secondary N) is 1. The van der Waals surface area contributed by atoms with Crippen molar-refractivity contribution < 1.29 is 0 Å². The molecule has 1 rings (SSSR count). The van der Waals surface area contributed by atoms with E-state index < -0.39 is 0 Å². The molecule has 0 saturated heterocycles. The van der Waals surface area contributed by atoms with E-state index in [0.29, 0.717) is 5.82 Å². The third-order valence-electron chi connectivity index (χ3n) is 2.00.